The minimum absolute atomic E-state index is 0.0153. The zero-order chi connectivity index (χ0) is 24.2. The van der Waals surface area contributed by atoms with Crippen molar-refractivity contribution in [1.82, 2.24) is 19.8 Å². The fourth-order valence-corrected chi connectivity index (χ4v) is 4.14. The summed E-state index contributed by atoms with van der Waals surface area (Å²) in [6.45, 7) is 3.77. The van der Waals surface area contributed by atoms with Crippen LogP contribution < -0.4 is 10.4 Å². The zero-order valence-electron chi connectivity index (χ0n) is 19.7. The van der Waals surface area contributed by atoms with E-state index in [1.165, 1.54) is 0 Å². The van der Waals surface area contributed by atoms with Gasteiger partial charge in [0.25, 0.3) is 5.91 Å². The molecule has 2 N–H and O–H groups in total. The van der Waals surface area contributed by atoms with Gasteiger partial charge in [-0.3, -0.25) is 4.79 Å². The molecule has 1 aliphatic rings. The second-order valence-electron chi connectivity index (χ2n) is 8.84. The van der Waals surface area contributed by atoms with Crippen molar-refractivity contribution in [2.24, 2.45) is 0 Å². The highest BCUT2D eigenvalue weighted by Crippen LogP contribution is 2.27. The summed E-state index contributed by atoms with van der Waals surface area (Å²) in [5.41, 5.74) is 2.92. The van der Waals surface area contributed by atoms with Crippen LogP contribution in [0.1, 0.15) is 18.4 Å². The number of phenols is 1. The molecule has 0 spiro atoms. The number of hydrogen-bond donors (Lipinski definition) is 2. The molecular weight excluding hydrogens is 432 g/mol. The number of likely N-dealkylation sites (N-methyl/N-ethyl adjacent to an activating group) is 1. The normalized spacial score (nSPS) is 14.7. The predicted molar refractivity (Wildman–Crippen MR) is 131 cm³/mol. The zero-order valence-corrected chi connectivity index (χ0v) is 19.7. The van der Waals surface area contributed by atoms with Gasteiger partial charge in [0.15, 0.2) is 6.61 Å². The first-order valence-corrected chi connectivity index (χ1v) is 11.4. The molecule has 8 heteroatoms. The van der Waals surface area contributed by atoms with Gasteiger partial charge in [-0.05, 0) is 99.6 Å². The molecular formula is C26H30N4O4. The molecule has 4 rings (SSSR count). The number of H-pyrrole nitrogens is 1. The van der Waals surface area contributed by atoms with E-state index in [-0.39, 0.29) is 24.3 Å². The van der Waals surface area contributed by atoms with Crippen molar-refractivity contribution in [2.75, 3.05) is 33.8 Å². The summed E-state index contributed by atoms with van der Waals surface area (Å²) in [6.07, 6.45) is 1.95. The molecule has 1 fully saturated rings. The van der Waals surface area contributed by atoms with Crippen molar-refractivity contribution >= 4 is 5.91 Å². The molecule has 0 radical (unpaired) electrons. The number of aromatic hydroxyl groups is 1. The van der Waals surface area contributed by atoms with Gasteiger partial charge in [0.05, 0.1) is 11.4 Å². The van der Waals surface area contributed by atoms with Gasteiger partial charge in [0, 0.05) is 18.7 Å². The highest BCUT2D eigenvalue weighted by Gasteiger charge is 2.24. The lowest BCUT2D eigenvalue weighted by molar-refractivity contribution is -0.135. The number of piperidine rings is 1. The lowest BCUT2D eigenvalue weighted by Crippen LogP contribution is -2.45. The molecule has 0 bridgehead atoms. The molecule has 1 saturated heterocycles. The second-order valence-corrected chi connectivity index (χ2v) is 8.84. The summed E-state index contributed by atoms with van der Waals surface area (Å²) in [5, 5.41) is 9.76. The Morgan fingerprint density at radius 1 is 1.15 bits per heavy atom. The number of nitrogens with one attached hydrogen (secondary N) is 1. The van der Waals surface area contributed by atoms with Gasteiger partial charge >= 0.3 is 5.69 Å². The van der Waals surface area contributed by atoms with Crippen LogP contribution >= 0.6 is 0 Å². The first kappa shape index (κ1) is 23.5. The highest BCUT2D eigenvalue weighted by molar-refractivity contribution is 5.78. The van der Waals surface area contributed by atoms with Crippen molar-refractivity contribution in [1.29, 1.82) is 0 Å². The Kier molecular flexibility index (Phi) is 6.98. The van der Waals surface area contributed by atoms with Gasteiger partial charge in [-0.1, -0.05) is 0 Å². The third-order valence-corrected chi connectivity index (χ3v) is 6.39. The number of aromatic amines is 1. The Morgan fingerprint density at radius 2 is 1.82 bits per heavy atom. The second kappa shape index (κ2) is 10.1. The quantitative estimate of drug-likeness (QED) is 0.584. The Hall–Kier alpha value is -3.65. The molecule has 1 aromatic heterocycles. The molecule has 1 amide bonds. The fourth-order valence-electron chi connectivity index (χ4n) is 4.14. The Bertz CT molecular complexity index is 1210. The number of carbonyl (C=O) groups is 1. The number of aryl methyl sites for hydroxylation is 1. The molecule has 0 unspecified atom stereocenters. The van der Waals surface area contributed by atoms with Crippen LogP contribution in [0, 0.1) is 6.92 Å². The van der Waals surface area contributed by atoms with Crippen LogP contribution in [0.15, 0.2) is 53.3 Å². The maximum absolute atomic E-state index is 12.6. The van der Waals surface area contributed by atoms with E-state index in [4.69, 9.17) is 4.74 Å². The number of phenolic OH excluding ortho intramolecular Hbond substituents is 1. The number of benzene rings is 2. The molecule has 0 saturated carbocycles. The molecule has 2 aromatic carbocycles. The fraction of sp³-hybridized carbons (Fsp3) is 0.346. The number of rotatable bonds is 6. The van der Waals surface area contributed by atoms with Gasteiger partial charge < -0.3 is 24.6 Å². The van der Waals surface area contributed by atoms with Gasteiger partial charge in [-0.25, -0.2) is 4.79 Å². The molecule has 34 heavy (non-hydrogen) atoms. The minimum Gasteiger partial charge on any atom is -0.508 e. The summed E-state index contributed by atoms with van der Waals surface area (Å²) in [4.78, 5) is 35.6. The van der Waals surface area contributed by atoms with E-state index in [1.807, 2.05) is 19.2 Å². The highest BCUT2D eigenvalue weighted by atomic mass is 16.5. The average molecular weight is 463 g/mol. The number of nitrogens with zero attached hydrogens (tertiary/aromatic N) is 3. The molecule has 0 aliphatic carbocycles. The van der Waals surface area contributed by atoms with Crippen LogP contribution in [0.2, 0.25) is 0 Å². The first-order chi connectivity index (χ1) is 16.3. The number of likely N-dealkylation sites (tertiary alicyclic amines) is 1. The Labute approximate surface area is 198 Å². The van der Waals surface area contributed by atoms with Crippen molar-refractivity contribution < 1.29 is 14.6 Å². The van der Waals surface area contributed by atoms with Gasteiger partial charge in [-0.15, -0.1) is 0 Å². The number of ether oxygens (including phenoxy) is 1. The van der Waals surface area contributed by atoms with Crippen molar-refractivity contribution in [3.05, 3.63) is 64.6 Å². The summed E-state index contributed by atoms with van der Waals surface area (Å²) in [7, 11) is 3.94. The van der Waals surface area contributed by atoms with Crippen LogP contribution in [0.4, 0.5) is 0 Å². The van der Waals surface area contributed by atoms with Gasteiger partial charge in [0.1, 0.15) is 11.5 Å². The molecule has 3 aromatic rings. The van der Waals surface area contributed by atoms with Crippen molar-refractivity contribution in [3.63, 3.8) is 0 Å². The monoisotopic (exact) mass is 462 g/mol. The average Bonchev–Trinajstić information content (AvgIpc) is 2.84. The smallest absolute Gasteiger partial charge is 0.345 e. The summed E-state index contributed by atoms with van der Waals surface area (Å²) < 4.78 is 5.72. The topological polar surface area (TPSA) is 98.8 Å². The van der Waals surface area contributed by atoms with Crippen LogP contribution in [-0.2, 0) is 4.79 Å². The van der Waals surface area contributed by atoms with Gasteiger partial charge in [0.2, 0.25) is 0 Å². The van der Waals surface area contributed by atoms with E-state index in [1.54, 1.807) is 48.2 Å². The first-order valence-electron chi connectivity index (χ1n) is 11.4. The van der Waals surface area contributed by atoms with Crippen molar-refractivity contribution in [3.8, 4) is 34.0 Å². The van der Waals surface area contributed by atoms with Crippen LogP contribution in [-0.4, -0.2) is 70.6 Å². The van der Waals surface area contributed by atoms with E-state index in [9.17, 15) is 14.7 Å². The van der Waals surface area contributed by atoms with E-state index in [0.717, 1.165) is 37.1 Å². The van der Waals surface area contributed by atoms with Crippen LogP contribution in [0.25, 0.3) is 22.5 Å². The number of carbonyl (C=O) groups excluding carboxylic acids is 1. The SMILES string of the molecule is Cc1cc(-c2cc(-c3ccc(OCC(=O)N(C)C4CCN(C)CC4)cc3)[nH]c(=O)n2)ccc1O. The Balaban J connectivity index is 1.42. The lowest BCUT2D eigenvalue weighted by Gasteiger charge is -2.35. The Morgan fingerprint density at radius 3 is 2.50 bits per heavy atom. The minimum atomic E-state index is -0.457. The van der Waals surface area contributed by atoms with Gasteiger partial charge in [-0.2, -0.15) is 4.98 Å². The lowest BCUT2D eigenvalue weighted by atomic mass is 10.0. The third kappa shape index (κ3) is 5.46. The maximum Gasteiger partial charge on any atom is 0.345 e. The molecule has 178 valence electrons. The number of amides is 1. The van der Waals surface area contributed by atoms with Crippen molar-refractivity contribution in [2.45, 2.75) is 25.8 Å². The molecule has 0 atom stereocenters. The third-order valence-electron chi connectivity index (χ3n) is 6.39. The van der Waals surface area contributed by atoms with E-state index in [2.05, 4.69) is 21.9 Å². The number of aromatic nitrogens is 2. The van der Waals surface area contributed by atoms with E-state index in [0.29, 0.717) is 22.7 Å². The maximum atomic E-state index is 12.6. The summed E-state index contributed by atoms with van der Waals surface area (Å²) in [6, 6.07) is 14.4. The summed E-state index contributed by atoms with van der Waals surface area (Å²) >= 11 is 0. The molecule has 2 heterocycles. The molecule has 8 nitrogen and oxygen atoms in total. The van der Waals surface area contributed by atoms with Crippen LogP contribution in [0.3, 0.4) is 0 Å². The summed E-state index contributed by atoms with van der Waals surface area (Å²) in [5.74, 6) is 0.742. The molecule has 1 aliphatic heterocycles. The van der Waals surface area contributed by atoms with E-state index < -0.39 is 5.69 Å². The predicted octanol–water partition coefficient (Wildman–Crippen LogP) is 3.05. The van der Waals surface area contributed by atoms with Crippen LogP contribution in [0.5, 0.6) is 11.5 Å². The largest absolute Gasteiger partial charge is 0.508 e. The standard InChI is InChI=1S/C26H30N4O4/c1-17-14-19(6-9-24(17)31)23-15-22(27-26(33)28-23)18-4-7-21(8-5-18)34-16-25(32)30(3)20-10-12-29(2)13-11-20/h4-9,14-15,20,31H,10-13,16H2,1-3H3,(H,27,28,33). The van der Waals surface area contributed by atoms with E-state index >= 15 is 0 Å². The number of hydrogen-bond acceptors (Lipinski definition) is 6.